The van der Waals surface area contributed by atoms with E-state index >= 15 is 0 Å². The molecule has 2 heterocycles. The first kappa shape index (κ1) is 24.8. The average Bonchev–Trinajstić information content (AvgIpc) is 3.28. The Balaban J connectivity index is 1.45. The van der Waals surface area contributed by atoms with E-state index in [9.17, 15) is 14.4 Å². The number of rotatable bonds is 4. The number of aryl methyl sites for hydroxylation is 1. The van der Waals surface area contributed by atoms with Crippen molar-refractivity contribution < 1.29 is 14.4 Å². The highest BCUT2D eigenvalue weighted by molar-refractivity contribution is 6.06. The number of urea groups is 1. The lowest BCUT2D eigenvalue weighted by Crippen LogP contribution is -2.49. The molecule has 1 fully saturated rings. The summed E-state index contributed by atoms with van der Waals surface area (Å²) in [4.78, 5) is 43.8. The van der Waals surface area contributed by atoms with Crippen LogP contribution < -0.4 is 10.2 Å². The van der Waals surface area contributed by atoms with E-state index in [-0.39, 0.29) is 17.8 Å². The lowest BCUT2D eigenvalue weighted by atomic mass is 9.96. The molecule has 0 aliphatic carbocycles. The molecule has 2 aromatic rings. The van der Waals surface area contributed by atoms with Gasteiger partial charge in [-0.3, -0.25) is 9.59 Å². The van der Waals surface area contributed by atoms with Crippen molar-refractivity contribution in [3.63, 3.8) is 0 Å². The highest BCUT2D eigenvalue weighted by Gasteiger charge is 2.35. The second-order valence-corrected chi connectivity index (χ2v) is 9.94. The predicted molar refractivity (Wildman–Crippen MR) is 138 cm³/mol. The molecule has 7 nitrogen and oxygen atoms in total. The Bertz CT molecular complexity index is 1110. The van der Waals surface area contributed by atoms with Gasteiger partial charge in [0, 0.05) is 45.0 Å². The van der Waals surface area contributed by atoms with Crippen LogP contribution in [0.15, 0.2) is 42.5 Å². The van der Waals surface area contributed by atoms with Crippen molar-refractivity contribution in [2.24, 2.45) is 0 Å². The Morgan fingerprint density at radius 1 is 1.03 bits per heavy atom. The zero-order valence-electron chi connectivity index (χ0n) is 21.2. The van der Waals surface area contributed by atoms with Gasteiger partial charge in [0.2, 0.25) is 5.91 Å². The topological polar surface area (TPSA) is 73.0 Å². The Hall–Kier alpha value is -3.35. The molecular weight excluding hydrogens is 440 g/mol. The van der Waals surface area contributed by atoms with Crippen LogP contribution in [0.1, 0.15) is 65.6 Å². The summed E-state index contributed by atoms with van der Waals surface area (Å²) in [5, 5.41) is 2.96. The van der Waals surface area contributed by atoms with Gasteiger partial charge in [-0.1, -0.05) is 31.2 Å². The third-order valence-electron chi connectivity index (χ3n) is 7.28. The van der Waals surface area contributed by atoms with Crippen LogP contribution in [0, 0.1) is 6.92 Å². The summed E-state index contributed by atoms with van der Waals surface area (Å²) in [6.07, 6.45) is 3.56. The van der Waals surface area contributed by atoms with Crippen LogP contribution in [0.4, 0.5) is 10.5 Å². The van der Waals surface area contributed by atoms with E-state index in [1.807, 2.05) is 48.2 Å². The Kier molecular flexibility index (Phi) is 7.43. The quantitative estimate of drug-likeness (QED) is 0.715. The molecule has 4 amide bonds. The van der Waals surface area contributed by atoms with Crippen molar-refractivity contribution in [1.82, 2.24) is 15.1 Å². The van der Waals surface area contributed by atoms with E-state index in [0.29, 0.717) is 37.5 Å². The zero-order chi connectivity index (χ0) is 25.1. The molecule has 186 valence electrons. The van der Waals surface area contributed by atoms with Gasteiger partial charge in [-0.05, 0) is 73.4 Å². The average molecular weight is 477 g/mol. The molecule has 7 heteroatoms. The number of hydrogen-bond acceptors (Lipinski definition) is 3. The first-order valence-corrected chi connectivity index (χ1v) is 12.5. The van der Waals surface area contributed by atoms with Gasteiger partial charge in [0.1, 0.15) is 6.04 Å². The van der Waals surface area contributed by atoms with Crippen molar-refractivity contribution in [3.05, 3.63) is 64.7 Å². The minimum Gasteiger partial charge on any atom is -0.347 e. The van der Waals surface area contributed by atoms with Gasteiger partial charge in [-0.25, -0.2) is 4.79 Å². The third-order valence-corrected chi connectivity index (χ3v) is 7.28. The van der Waals surface area contributed by atoms with E-state index in [4.69, 9.17) is 0 Å². The summed E-state index contributed by atoms with van der Waals surface area (Å²) in [7, 11) is 3.43. The van der Waals surface area contributed by atoms with Gasteiger partial charge < -0.3 is 20.0 Å². The molecule has 0 bridgehead atoms. The fraction of sp³-hybridized carbons (Fsp3) is 0.464. The van der Waals surface area contributed by atoms with Crippen molar-refractivity contribution in [3.8, 4) is 0 Å². The zero-order valence-corrected chi connectivity index (χ0v) is 21.2. The number of fused-ring (bicyclic) bond motifs is 1. The summed E-state index contributed by atoms with van der Waals surface area (Å²) in [6, 6.07) is 13.3. The molecule has 1 N–H and O–H groups in total. The third kappa shape index (κ3) is 5.19. The molecular formula is C28H36N4O3. The van der Waals surface area contributed by atoms with Crippen LogP contribution in [0.25, 0.3) is 0 Å². The largest absolute Gasteiger partial charge is 0.347 e. The Morgan fingerprint density at radius 3 is 2.51 bits per heavy atom. The van der Waals surface area contributed by atoms with E-state index in [1.54, 1.807) is 23.9 Å². The molecule has 4 rings (SSSR count). The fourth-order valence-electron chi connectivity index (χ4n) is 5.21. The number of amides is 4. The molecule has 2 aromatic carbocycles. The molecule has 0 saturated carbocycles. The second kappa shape index (κ2) is 10.5. The minimum atomic E-state index is -0.398. The molecule has 35 heavy (non-hydrogen) atoms. The summed E-state index contributed by atoms with van der Waals surface area (Å²) in [5.41, 5.74) is 4.79. The molecule has 1 unspecified atom stereocenters. The number of likely N-dealkylation sites (N-methyl/N-ethyl adjacent to an activating group) is 1. The van der Waals surface area contributed by atoms with Crippen LogP contribution in [-0.2, 0) is 11.3 Å². The lowest BCUT2D eigenvalue weighted by Gasteiger charge is -2.26. The maximum atomic E-state index is 13.5. The van der Waals surface area contributed by atoms with Crippen LogP contribution in [0.5, 0.6) is 0 Å². The second-order valence-electron chi connectivity index (χ2n) is 9.94. The lowest BCUT2D eigenvalue weighted by molar-refractivity contribution is -0.132. The van der Waals surface area contributed by atoms with E-state index in [0.717, 1.165) is 36.1 Å². The first-order valence-electron chi connectivity index (χ1n) is 12.5. The van der Waals surface area contributed by atoms with E-state index < -0.39 is 6.04 Å². The maximum Gasteiger partial charge on any atom is 0.318 e. The number of likely N-dealkylation sites (tertiary alicyclic amines) is 1. The summed E-state index contributed by atoms with van der Waals surface area (Å²) < 4.78 is 0. The standard InChI is InChI=1S/C28H36N4O3/c1-19-9-7-15-31(24-11-6-5-10-23(19)24)26(33)21-13-14-22(20(2)17-21)18-29-28(35)32-16-8-12-25(32)27(34)30(3)4/h5-6,10-11,13-14,17,19,25H,7-9,12,15-16,18H2,1-4H3,(H,29,35)/t19?,25-/m0/s1. The van der Waals surface area contributed by atoms with Crippen LogP contribution in [0.2, 0.25) is 0 Å². The number of nitrogens with zero attached hydrogens (tertiary/aromatic N) is 3. The number of hydrogen-bond donors (Lipinski definition) is 1. The Labute approximate surface area is 208 Å². The molecule has 0 spiro atoms. The molecule has 2 atom stereocenters. The minimum absolute atomic E-state index is 0.00680. The van der Waals surface area contributed by atoms with Crippen LogP contribution >= 0.6 is 0 Å². The van der Waals surface area contributed by atoms with Gasteiger partial charge in [-0.2, -0.15) is 0 Å². The van der Waals surface area contributed by atoms with Gasteiger partial charge in [0.15, 0.2) is 0 Å². The number of carbonyl (C=O) groups excluding carboxylic acids is 3. The molecule has 0 aromatic heterocycles. The van der Waals surface area contributed by atoms with Gasteiger partial charge in [-0.15, -0.1) is 0 Å². The molecule has 0 radical (unpaired) electrons. The van der Waals surface area contributed by atoms with Crippen molar-refractivity contribution >= 4 is 23.5 Å². The molecule has 1 saturated heterocycles. The van der Waals surface area contributed by atoms with Crippen molar-refractivity contribution in [1.29, 1.82) is 0 Å². The Morgan fingerprint density at radius 2 is 1.77 bits per heavy atom. The van der Waals surface area contributed by atoms with Crippen LogP contribution in [-0.4, -0.2) is 60.9 Å². The van der Waals surface area contributed by atoms with Crippen molar-refractivity contribution in [2.75, 3.05) is 32.1 Å². The summed E-state index contributed by atoms with van der Waals surface area (Å²) in [5.74, 6) is 0.397. The monoisotopic (exact) mass is 476 g/mol. The highest BCUT2D eigenvalue weighted by atomic mass is 16.2. The SMILES string of the molecule is Cc1cc(C(=O)N2CCCC(C)c3ccccc32)ccc1CNC(=O)N1CCC[C@H]1C(=O)N(C)C. The van der Waals surface area contributed by atoms with Gasteiger partial charge >= 0.3 is 6.03 Å². The normalized spacial score (nSPS) is 19.7. The number of anilines is 1. The predicted octanol–water partition coefficient (Wildman–Crippen LogP) is 4.30. The number of nitrogens with one attached hydrogen (secondary N) is 1. The van der Waals surface area contributed by atoms with Crippen molar-refractivity contribution in [2.45, 2.75) is 58.0 Å². The van der Waals surface area contributed by atoms with E-state index in [2.05, 4.69) is 18.3 Å². The number of para-hydroxylation sites is 1. The maximum absolute atomic E-state index is 13.5. The smallest absolute Gasteiger partial charge is 0.318 e. The first-order chi connectivity index (χ1) is 16.8. The van der Waals surface area contributed by atoms with E-state index in [1.165, 1.54) is 5.56 Å². The number of carbonyl (C=O) groups is 3. The summed E-state index contributed by atoms with van der Waals surface area (Å²) >= 11 is 0. The summed E-state index contributed by atoms with van der Waals surface area (Å²) in [6.45, 7) is 5.83. The number of benzene rings is 2. The van der Waals surface area contributed by atoms with Gasteiger partial charge in [0.05, 0.1) is 0 Å². The van der Waals surface area contributed by atoms with Gasteiger partial charge in [0.25, 0.3) is 5.91 Å². The van der Waals surface area contributed by atoms with Crippen LogP contribution in [0.3, 0.4) is 0 Å². The molecule has 2 aliphatic heterocycles. The molecule has 2 aliphatic rings. The fourth-order valence-corrected chi connectivity index (χ4v) is 5.21. The highest BCUT2D eigenvalue weighted by Crippen LogP contribution is 2.34.